The minimum absolute atomic E-state index is 0.242. The number of benzene rings is 1. The fourth-order valence-corrected chi connectivity index (χ4v) is 2.58. The fourth-order valence-electron chi connectivity index (χ4n) is 2.58. The summed E-state index contributed by atoms with van der Waals surface area (Å²) in [6.07, 6.45) is 0.962. The predicted molar refractivity (Wildman–Crippen MR) is 85.6 cm³/mol. The predicted octanol–water partition coefficient (Wildman–Crippen LogP) is 3.51. The molecule has 0 N–H and O–H groups in total. The Morgan fingerprint density at radius 1 is 1.14 bits per heavy atom. The minimum Gasteiger partial charge on any atom is -0.299 e. The first-order valence-corrected chi connectivity index (χ1v) is 7.48. The van der Waals surface area contributed by atoms with Gasteiger partial charge in [-0.15, -0.1) is 0 Å². The second-order valence-corrected chi connectivity index (χ2v) is 6.06. The summed E-state index contributed by atoms with van der Waals surface area (Å²) in [5, 5.41) is 4.37. The summed E-state index contributed by atoms with van der Waals surface area (Å²) in [5.41, 5.74) is 5.50. The van der Waals surface area contributed by atoms with E-state index in [0.29, 0.717) is 18.8 Å². The highest BCUT2D eigenvalue weighted by molar-refractivity contribution is 5.83. The Hall–Kier alpha value is -1.90. The van der Waals surface area contributed by atoms with Gasteiger partial charge in [0.05, 0.1) is 5.69 Å². The maximum absolute atomic E-state index is 12.3. The van der Waals surface area contributed by atoms with Crippen molar-refractivity contribution < 1.29 is 4.79 Å². The molecule has 1 heterocycles. The number of aromatic nitrogens is 2. The van der Waals surface area contributed by atoms with Crippen molar-refractivity contribution >= 4 is 5.78 Å². The Labute approximate surface area is 127 Å². The van der Waals surface area contributed by atoms with Gasteiger partial charge in [-0.2, -0.15) is 5.10 Å². The van der Waals surface area contributed by atoms with Crippen LogP contribution in [0.1, 0.15) is 47.8 Å². The number of Topliss-reactive ketones (excluding diaryl/α,β-unsaturated/α-hetero) is 1. The molecule has 0 fully saturated rings. The molecule has 0 bridgehead atoms. The molecule has 0 aliphatic carbocycles. The number of hydrogen-bond acceptors (Lipinski definition) is 2. The normalized spacial score (nSPS) is 11.1. The third kappa shape index (κ3) is 3.60. The summed E-state index contributed by atoms with van der Waals surface area (Å²) >= 11 is 0. The van der Waals surface area contributed by atoms with E-state index in [9.17, 15) is 4.79 Å². The van der Waals surface area contributed by atoms with Crippen LogP contribution in [0.2, 0.25) is 0 Å². The molecule has 21 heavy (non-hydrogen) atoms. The third-order valence-corrected chi connectivity index (χ3v) is 4.08. The average Bonchev–Trinajstić information content (AvgIpc) is 2.66. The number of ketones is 1. The van der Waals surface area contributed by atoms with E-state index in [1.165, 1.54) is 5.56 Å². The molecule has 1 aromatic carbocycles. The van der Waals surface area contributed by atoms with Crippen LogP contribution in [0.4, 0.5) is 0 Å². The maximum Gasteiger partial charge on any atom is 0.141 e. The molecule has 112 valence electrons. The smallest absolute Gasteiger partial charge is 0.141 e. The zero-order valence-electron chi connectivity index (χ0n) is 13.6. The van der Waals surface area contributed by atoms with E-state index in [4.69, 9.17) is 0 Å². The average molecular weight is 284 g/mol. The van der Waals surface area contributed by atoms with Gasteiger partial charge in [-0.1, -0.05) is 38.1 Å². The quantitative estimate of drug-likeness (QED) is 0.842. The second-order valence-electron chi connectivity index (χ2n) is 6.06. The molecule has 0 saturated heterocycles. The van der Waals surface area contributed by atoms with Crippen molar-refractivity contribution in [2.75, 3.05) is 0 Å². The molecule has 1 aromatic heterocycles. The number of aryl methyl sites for hydroxylation is 2. The topological polar surface area (TPSA) is 34.9 Å². The molecule has 0 atom stereocenters. The van der Waals surface area contributed by atoms with Gasteiger partial charge in [-0.3, -0.25) is 9.48 Å². The van der Waals surface area contributed by atoms with E-state index < -0.39 is 0 Å². The molecule has 0 unspecified atom stereocenters. The van der Waals surface area contributed by atoms with Crippen molar-refractivity contribution in [1.29, 1.82) is 0 Å². The highest BCUT2D eigenvalue weighted by atomic mass is 16.1. The van der Waals surface area contributed by atoms with Crippen LogP contribution in [0.3, 0.4) is 0 Å². The molecule has 0 aliphatic heterocycles. The lowest BCUT2D eigenvalue weighted by Crippen LogP contribution is -2.08. The first-order chi connectivity index (χ1) is 9.88. The summed E-state index contributed by atoms with van der Waals surface area (Å²) in [5.74, 6) is 0.766. The highest BCUT2D eigenvalue weighted by Crippen LogP contribution is 2.17. The van der Waals surface area contributed by atoms with E-state index in [0.717, 1.165) is 22.5 Å². The summed E-state index contributed by atoms with van der Waals surface area (Å²) in [6, 6.07) is 8.37. The SMILES string of the molecule is Cc1nn(C)c(C)c1CC(=O)Cc1ccc(C(C)C)cc1. The van der Waals surface area contributed by atoms with E-state index in [2.05, 4.69) is 43.2 Å². The largest absolute Gasteiger partial charge is 0.299 e. The van der Waals surface area contributed by atoms with Gasteiger partial charge >= 0.3 is 0 Å². The molecule has 0 amide bonds. The van der Waals surface area contributed by atoms with Gasteiger partial charge in [0.1, 0.15) is 5.78 Å². The van der Waals surface area contributed by atoms with Crippen LogP contribution < -0.4 is 0 Å². The summed E-state index contributed by atoms with van der Waals surface area (Å²) in [4.78, 5) is 12.3. The van der Waals surface area contributed by atoms with Gasteiger partial charge < -0.3 is 0 Å². The van der Waals surface area contributed by atoms with Gasteiger partial charge in [-0.25, -0.2) is 0 Å². The summed E-state index contributed by atoms with van der Waals surface area (Å²) in [7, 11) is 1.92. The first kappa shape index (κ1) is 15.5. The van der Waals surface area contributed by atoms with E-state index in [1.807, 2.05) is 25.6 Å². The summed E-state index contributed by atoms with van der Waals surface area (Å²) < 4.78 is 1.84. The van der Waals surface area contributed by atoms with Crippen LogP contribution in [0.15, 0.2) is 24.3 Å². The van der Waals surface area contributed by atoms with E-state index in [-0.39, 0.29) is 5.78 Å². The summed E-state index contributed by atoms with van der Waals surface area (Å²) in [6.45, 7) is 8.33. The van der Waals surface area contributed by atoms with Gasteiger partial charge in [0, 0.05) is 31.1 Å². The number of hydrogen-bond donors (Lipinski definition) is 0. The standard InChI is InChI=1S/C18H24N2O/c1-12(2)16-8-6-15(7-9-16)10-17(21)11-18-13(3)19-20(5)14(18)4/h6-9,12H,10-11H2,1-5H3. The van der Waals surface area contributed by atoms with Crippen molar-refractivity contribution in [3.63, 3.8) is 0 Å². The Morgan fingerprint density at radius 2 is 1.76 bits per heavy atom. The monoisotopic (exact) mass is 284 g/mol. The fraction of sp³-hybridized carbons (Fsp3) is 0.444. The third-order valence-electron chi connectivity index (χ3n) is 4.08. The molecule has 0 saturated carbocycles. The number of carbonyl (C=O) groups excluding carboxylic acids is 1. The Balaban J connectivity index is 2.04. The number of rotatable bonds is 5. The number of carbonyl (C=O) groups is 1. The molecule has 0 spiro atoms. The molecular formula is C18H24N2O. The van der Waals surface area contributed by atoms with Crippen molar-refractivity contribution in [1.82, 2.24) is 9.78 Å². The van der Waals surface area contributed by atoms with Crippen LogP contribution in [-0.4, -0.2) is 15.6 Å². The van der Waals surface area contributed by atoms with Gasteiger partial charge in [0.15, 0.2) is 0 Å². The zero-order chi connectivity index (χ0) is 15.6. The minimum atomic E-state index is 0.242. The van der Waals surface area contributed by atoms with Gasteiger partial charge in [0.2, 0.25) is 0 Å². The Morgan fingerprint density at radius 3 is 2.24 bits per heavy atom. The Kier molecular flexibility index (Phi) is 4.61. The van der Waals surface area contributed by atoms with Crippen LogP contribution in [0.25, 0.3) is 0 Å². The lowest BCUT2D eigenvalue weighted by molar-refractivity contribution is -0.117. The lowest BCUT2D eigenvalue weighted by atomic mass is 9.98. The molecule has 3 heteroatoms. The second kappa shape index (κ2) is 6.25. The number of nitrogens with zero attached hydrogens (tertiary/aromatic N) is 2. The Bertz CT molecular complexity index is 636. The van der Waals surface area contributed by atoms with Gasteiger partial charge in [-0.05, 0) is 30.9 Å². The molecule has 2 rings (SSSR count). The lowest BCUT2D eigenvalue weighted by Gasteiger charge is -2.07. The van der Waals surface area contributed by atoms with Crippen LogP contribution in [0, 0.1) is 13.8 Å². The van der Waals surface area contributed by atoms with Gasteiger partial charge in [0.25, 0.3) is 0 Å². The van der Waals surface area contributed by atoms with Crippen molar-refractivity contribution in [2.24, 2.45) is 7.05 Å². The molecule has 0 radical (unpaired) electrons. The highest BCUT2D eigenvalue weighted by Gasteiger charge is 2.14. The van der Waals surface area contributed by atoms with Crippen molar-refractivity contribution in [3.05, 3.63) is 52.3 Å². The molecule has 0 aliphatic rings. The molecule has 2 aromatic rings. The van der Waals surface area contributed by atoms with Crippen LogP contribution in [-0.2, 0) is 24.7 Å². The van der Waals surface area contributed by atoms with Crippen molar-refractivity contribution in [3.8, 4) is 0 Å². The zero-order valence-corrected chi connectivity index (χ0v) is 13.6. The first-order valence-electron chi connectivity index (χ1n) is 7.48. The van der Waals surface area contributed by atoms with E-state index in [1.54, 1.807) is 0 Å². The molecular weight excluding hydrogens is 260 g/mol. The van der Waals surface area contributed by atoms with Crippen LogP contribution in [0.5, 0.6) is 0 Å². The van der Waals surface area contributed by atoms with Crippen LogP contribution >= 0.6 is 0 Å². The van der Waals surface area contributed by atoms with Crippen molar-refractivity contribution in [2.45, 2.75) is 46.5 Å². The molecule has 3 nitrogen and oxygen atoms in total. The maximum atomic E-state index is 12.3. The van der Waals surface area contributed by atoms with E-state index >= 15 is 0 Å².